The Morgan fingerprint density at radius 2 is 2.04 bits per heavy atom. The predicted octanol–water partition coefficient (Wildman–Crippen LogP) is 4.12. The fourth-order valence-electron chi connectivity index (χ4n) is 2.48. The van der Waals surface area contributed by atoms with Gasteiger partial charge in [-0.05, 0) is 45.8 Å². The molecule has 0 N–H and O–H groups in total. The molecule has 8 heteroatoms. The highest BCUT2D eigenvalue weighted by atomic mass is 79.9. The van der Waals surface area contributed by atoms with Crippen molar-refractivity contribution in [2.45, 2.75) is 19.4 Å². The fourth-order valence-corrected chi connectivity index (χ4v) is 3.99. The zero-order chi connectivity index (χ0) is 16.6. The first-order valence-corrected chi connectivity index (χ1v) is 8.44. The van der Waals surface area contributed by atoms with Crippen molar-refractivity contribution in [3.63, 3.8) is 0 Å². The summed E-state index contributed by atoms with van der Waals surface area (Å²) in [4.78, 5) is 23.2. The third kappa shape index (κ3) is 3.18. The molecule has 0 aliphatic carbocycles. The van der Waals surface area contributed by atoms with Gasteiger partial charge in [-0.1, -0.05) is 0 Å². The molecule has 2 aromatic rings. The molecule has 0 radical (unpaired) electrons. The van der Waals surface area contributed by atoms with E-state index >= 15 is 0 Å². The molecule has 0 fully saturated rings. The molecule has 118 valence electrons. The van der Waals surface area contributed by atoms with Gasteiger partial charge in [0, 0.05) is 30.4 Å². The zero-order valence-electron chi connectivity index (χ0n) is 12.1. The largest absolute Gasteiger partial charge is 0.273 e. The molecule has 1 amide bonds. The van der Waals surface area contributed by atoms with Crippen LogP contribution in [-0.2, 0) is 4.79 Å². The molecular weight excluding hydrogens is 382 g/mol. The topological polar surface area (TPSA) is 75.8 Å². The van der Waals surface area contributed by atoms with Crippen LogP contribution in [0.3, 0.4) is 0 Å². The first-order valence-electron chi connectivity index (χ1n) is 6.83. The summed E-state index contributed by atoms with van der Waals surface area (Å²) in [5.41, 5.74) is 1.58. The Morgan fingerprint density at radius 1 is 1.35 bits per heavy atom. The van der Waals surface area contributed by atoms with Gasteiger partial charge in [0.2, 0.25) is 5.91 Å². The average molecular weight is 394 g/mol. The number of hydrogen-bond acceptors (Lipinski definition) is 5. The Bertz CT molecular complexity index is 801. The second kappa shape index (κ2) is 6.21. The van der Waals surface area contributed by atoms with E-state index in [0.29, 0.717) is 6.42 Å². The predicted molar refractivity (Wildman–Crippen MR) is 91.5 cm³/mol. The number of nitro benzene ring substituents is 1. The minimum absolute atomic E-state index is 0.0366. The van der Waals surface area contributed by atoms with Crippen LogP contribution in [0, 0.1) is 10.1 Å². The molecule has 6 nitrogen and oxygen atoms in total. The maximum atomic E-state index is 11.9. The summed E-state index contributed by atoms with van der Waals surface area (Å²) in [6.07, 6.45) is 0.588. The summed E-state index contributed by atoms with van der Waals surface area (Å²) in [6, 6.07) is 10.0. The monoisotopic (exact) mass is 393 g/mol. The number of nitrogens with zero attached hydrogens (tertiary/aromatic N) is 3. The van der Waals surface area contributed by atoms with Crippen molar-refractivity contribution in [1.29, 1.82) is 0 Å². The van der Waals surface area contributed by atoms with E-state index in [1.54, 1.807) is 23.5 Å². The molecule has 1 aliphatic heterocycles. The van der Waals surface area contributed by atoms with Gasteiger partial charge in [-0.2, -0.15) is 5.10 Å². The van der Waals surface area contributed by atoms with Crippen LogP contribution in [0.15, 0.2) is 45.3 Å². The first-order chi connectivity index (χ1) is 11.0. The van der Waals surface area contributed by atoms with Gasteiger partial charge in [-0.25, -0.2) is 5.01 Å². The van der Waals surface area contributed by atoms with Crippen LogP contribution in [0.25, 0.3) is 0 Å². The summed E-state index contributed by atoms with van der Waals surface area (Å²) in [6.45, 7) is 1.48. The lowest BCUT2D eigenvalue weighted by molar-refractivity contribution is -0.384. The molecular formula is C15H12BrN3O3S. The van der Waals surface area contributed by atoms with Gasteiger partial charge in [-0.3, -0.25) is 14.9 Å². The summed E-state index contributed by atoms with van der Waals surface area (Å²) in [7, 11) is 0. The Hall–Kier alpha value is -2.06. The molecule has 3 rings (SSSR count). The lowest BCUT2D eigenvalue weighted by Gasteiger charge is -2.18. The lowest BCUT2D eigenvalue weighted by atomic mass is 10.0. The van der Waals surface area contributed by atoms with Crippen molar-refractivity contribution in [3.8, 4) is 0 Å². The summed E-state index contributed by atoms with van der Waals surface area (Å²) < 4.78 is 1.000. The summed E-state index contributed by atoms with van der Waals surface area (Å²) in [5, 5.41) is 16.6. The van der Waals surface area contributed by atoms with Crippen LogP contribution >= 0.6 is 27.3 Å². The Morgan fingerprint density at radius 3 is 2.57 bits per heavy atom. The number of amides is 1. The maximum Gasteiger partial charge on any atom is 0.269 e. The third-order valence-corrected chi connectivity index (χ3v) is 5.29. The number of hydrogen-bond donors (Lipinski definition) is 0. The SMILES string of the molecule is CC(=O)N1N=C(c2ccc([N+](=O)[O-])cc2)CC1c1ccc(Br)s1. The van der Waals surface area contributed by atoms with Gasteiger partial charge in [-0.15, -0.1) is 11.3 Å². The van der Waals surface area contributed by atoms with Crippen molar-refractivity contribution in [2.75, 3.05) is 0 Å². The molecule has 0 saturated heterocycles. The summed E-state index contributed by atoms with van der Waals surface area (Å²) in [5.74, 6) is -0.128. The Labute approximate surface area is 144 Å². The van der Waals surface area contributed by atoms with E-state index in [2.05, 4.69) is 21.0 Å². The van der Waals surface area contributed by atoms with E-state index < -0.39 is 4.92 Å². The standard InChI is InChI=1S/C15H12BrN3O3S/c1-9(20)18-13(14-6-7-15(16)23-14)8-12(17-18)10-2-4-11(5-3-10)19(21)22/h2-7,13H,8H2,1H3. The van der Waals surface area contributed by atoms with Crippen LogP contribution in [-0.4, -0.2) is 21.6 Å². The zero-order valence-corrected chi connectivity index (χ0v) is 14.5. The van der Waals surface area contributed by atoms with Crippen molar-refractivity contribution >= 4 is 44.6 Å². The molecule has 2 heterocycles. The minimum Gasteiger partial charge on any atom is -0.273 e. The van der Waals surface area contributed by atoms with Gasteiger partial charge in [0.15, 0.2) is 0 Å². The van der Waals surface area contributed by atoms with Gasteiger partial charge >= 0.3 is 0 Å². The highest BCUT2D eigenvalue weighted by Crippen LogP contribution is 2.37. The van der Waals surface area contributed by atoms with Gasteiger partial charge in [0.05, 0.1) is 20.5 Å². The number of rotatable bonds is 3. The second-order valence-electron chi connectivity index (χ2n) is 5.08. The minimum atomic E-state index is -0.436. The second-order valence-corrected chi connectivity index (χ2v) is 7.57. The van der Waals surface area contributed by atoms with Gasteiger partial charge in [0.1, 0.15) is 0 Å². The molecule has 0 spiro atoms. The highest BCUT2D eigenvalue weighted by molar-refractivity contribution is 9.11. The van der Waals surface area contributed by atoms with Gasteiger partial charge in [0.25, 0.3) is 5.69 Å². The Balaban J connectivity index is 1.90. The Kier molecular flexibility index (Phi) is 4.27. The molecule has 0 saturated carbocycles. The molecule has 1 aromatic carbocycles. The average Bonchev–Trinajstić information content (AvgIpc) is 3.13. The van der Waals surface area contributed by atoms with E-state index in [1.807, 2.05) is 12.1 Å². The van der Waals surface area contributed by atoms with Crippen molar-refractivity contribution in [3.05, 3.63) is 60.7 Å². The number of non-ortho nitro benzene ring substituents is 1. The number of hydrazone groups is 1. The molecule has 1 atom stereocenters. The van der Waals surface area contributed by atoms with E-state index in [0.717, 1.165) is 19.9 Å². The van der Waals surface area contributed by atoms with Crippen LogP contribution in [0.1, 0.15) is 29.8 Å². The molecule has 23 heavy (non-hydrogen) atoms. The van der Waals surface area contributed by atoms with Crippen molar-refractivity contribution in [1.82, 2.24) is 5.01 Å². The van der Waals surface area contributed by atoms with Gasteiger partial charge < -0.3 is 0 Å². The highest BCUT2D eigenvalue weighted by Gasteiger charge is 2.32. The number of nitro groups is 1. The number of thiophene rings is 1. The normalized spacial score (nSPS) is 17.2. The van der Waals surface area contributed by atoms with Crippen LogP contribution in [0.2, 0.25) is 0 Å². The van der Waals surface area contributed by atoms with E-state index in [1.165, 1.54) is 24.1 Å². The van der Waals surface area contributed by atoms with Crippen molar-refractivity contribution in [2.24, 2.45) is 5.10 Å². The summed E-state index contributed by atoms with van der Waals surface area (Å²) >= 11 is 5.00. The fraction of sp³-hybridized carbons (Fsp3) is 0.200. The first kappa shape index (κ1) is 15.8. The molecule has 0 bridgehead atoms. The smallest absolute Gasteiger partial charge is 0.269 e. The maximum absolute atomic E-state index is 11.9. The van der Waals surface area contributed by atoms with E-state index in [9.17, 15) is 14.9 Å². The van der Waals surface area contributed by atoms with Crippen LogP contribution in [0.5, 0.6) is 0 Å². The molecule has 1 aliphatic rings. The number of carbonyl (C=O) groups is 1. The number of benzene rings is 1. The molecule has 1 unspecified atom stereocenters. The van der Waals surface area contributed by atoms with Crippen molar-refractivity contribution < 1.29 is 9.72 Å². The van der Waals surface area contributed by atoms with Crippen LogP contribution in [0.4, 0.5) is 5.69 Å². The van der Waals surface area contributed by atoms with Crippen LogP contribution < -0.4 is 0 Å². The number of carbonyl (C=O) groups excluding carboxylic acids is 1. The number of halogens is 1. The molecule has 1 aromatic heterocycles. The third-order valence-electron chi connectivity index (χ3n) is 3.57. The quantitative estimate of drug-likeness (QED) is 0.581. The van der Waals surface area contributed by atoms with E-state index in [4.69, 9.17) is 0 Å². The lowest BCUT2D eigenvalue weighted by Crippen LogP contribution is -2.23. The van der Waals surface area contributed by atoms with E-state index in [-0.39, 0.29) is 17.6 Å².